The maximum absolute atomic E-state index is 13.9. The highest BCUT2D eigenvalue weighted by Crippen LogP contribution is 2.34. The van der Waals surface area contributed by atoms with E-state index in [1.165, 1.54) is 8.99 Å². The Balaban J connectivity index is 1.45. The molecule has 260 valence electrons. The predicted octanol–water partition coefficient (Wildman–Crippen LogP) is 4.91. The van der Waals surface area contributed by atoms with Crippen LogP contribution < -0.4 is 10.3 Å². The Labute approximate surface area is 278 Å². The molecule has 2 aromatic heterocycles. The lowest BCUT2D eigenvalue weighted by atomic mass is 9.93. The molecule has 0 radical (unpaired) electrons. The number of rotatable bonds is 16. The highest BCUT2D eigenvalue weighted by Gasteiger charge is 2.31. The number of ether oxygens (including phenoxy) is 2. The van der Waals surface area contributed by atoms with Gasteiger partial charge in [-0.05, 0) is 83.9 Å². The first-order valence-electron chi connectivity index (χ1n) is 17.0. The molecule has 12 nitrogen and oxygen atoms in total. The smallest absolute Gasteiger partial charge is 0.305 e. The number of carbonyl (C=O) groups is 1. The van der Waals surface area contributed by atoms with Crippen LogP contribution in [0.1, 0.15) is 85.8 Å². The van der Waals surface area contributed by atoms with Crippen LogP contribution in [0.2, 0.25) is 0 Å². The molecule has 1 fully saturated rings. The fourth-order valence-corrected chi connectivity index (χ4v) is 7.83. The fraction of sp³-hybridized carbons (Fsp3) is 0.647. The molecule has 1 aromatic carbocycles. The van der Waals surface area contributed by atoms with Crippen molar-refractivity contribution in [2.24, 2.45) is 13.0 Å². The van der Waals surface area contributed by atoms with E-state index in [1.807, 2.05) is 13.8 Å². The van der Waals surface area contributed by atoms with Crippen molar-refractivity contribution in [2.45, 2.75) is 103 Å². The Morgan fingerprint density at radius 1 is 1.09 bits per heavy atom. The number of nitrogens with zero attached hydrogens (tertiary/aromatic N) is 5. The monoisotopic (exact) mass is 672 g/mol. The van der Waals surface area contributed by atoms with E-state index in [4.69, 9.17) is 14.5 Å². The molecule has 0 aliphatic carbocycles. The van der Waals surface area contributed by atoms with Gasteiger partial charge in [-0.2, -0.15) is 9.40 Å². The molecule has 0 atom stereocenters. The topological polar surface area (TPSA) is 140 Å². The molecule has 1 saturated heterocycles. The number of aromatic nitrogens is 4. The van der Waals surface area contributed by atoms with Gasteiger partial charge in [0.2, 0.25) is 10.0 Å². The van der Waals surface area contributed by atoms with E-state index in [9.17, 15) is 18.0 Å². The number of aromatic amines is 1. The van der Waals surface area contributed by atoms with Gasteiger partial charge < -0.3 is 14.5 Å². The maximum Gasteiger partial charge on any atom is 0.305 e. The lowest BCUT2D eigenvalue weighted by Gasteiger charge is -2.31. The third kappa shape index (κ3) is 8.80. The molecule has 1 aliphatic heterocycles. The minimum Gasteiger partial charge on any atom is -0.493 e. The van der Waals surface area contributed by atoms with Crippen molar-refractivity contribution in [3.63, 3.8) is 0 Å². The van der Waals surface area contributed by atoms with Crippen molar-refractivity contribution in [3.8, 4) is 17.1 Å². The van der Waals surface area contributed by atoms with E-state index in [1.54, 1.807) is 25.2 Å². The summed E-state index contributed by atoms with van der Waals surface area (Å²) in [5, 5.41) is 4.50. The van der Waals surface area contributed by atoms with Crippen LogP contribution in [0.3, 0.4) is 0 Å². The second kappa shape index (κ2) is 16.2. The van der Waals surface area contributed by atoms with Gasteiger partial charge >= 0.3 is 5.97 Å². The van der Waals surface area contributed by atoms with Gasteiger partial charge in [-0.3, -0.25) is 19.2 Å². The van der Waals surface area contributed by atoms with E-state index in [0.717, 1.165) is 18.5 Å². The number of piperidine rings is 1. The van der Waals surface area contributed by atoms with E-state index < -0.39 is 10.0 Å². The lowest BCUT2D eigenvalue weighted by molar-refractivity contribution is -0.144. The largest absolute Gasteiger partial charge is 0.493 e. The average molecular weight is 673 g/mol. The zero-order valence-corrected chi connectivity index (χ0v) is 29.9. The highest BCUT2D eigenvalue weighted by atomic mass is 32.2. The zero-order chi connectivity index (χ0) is 34.3. The summed E-state index contributed by atoms with van der Waals surface area (Å²) in [6.45, 7) is 14.8. The number of benzene rings is 1. The van der Waals surface area contributed by atoms with Gasteiger partial charge in [0.1, 0.15) is 23.7 Å². The van der Waals surface area contributed by atoms with E-state index >= 15 is 0 Å². The second-order valence-electron chi connectivity index (χ2n) is 13.0. The van der Waals surface area contributed by atoms with Crippen LogP contribution in [-0.4, -0.2) is 88.3 Å². The molecule has 13 heteroatoms. The van der Waals surface area contributed by atoms with Crippen molar-refractivity contribution in [1.29, 1.82) is 0 Å². The minimum absolute atomic E-state index is 0.109. The molecule has 3 heterocycles. The van der Waals surface area contributed by atoms with Crippen molar-refractivity contribution < 1.29 is 22.7 Å². The SMILES string of the molecule is CCCOc1ccc(S(=O)(=O)N2CCC(CCC(=O)OCCN(C(C)C)C(C)C)CC2)cc1-c1nc2c(CCC)nn(C)c2c(=O)[nH]1. The highest BCUT2D eigenvalue weighted by molar-refractivity contribution is 7.89. The summed E-state index contributed by atoms with van der Waals surface area (Å²) in [6, 6.07) is 5.49. The number of hydrogen-bond donors (Lipinski definition) is 1. The van der Waals surface area contributed by atoms with Crippen LogP contribution >= 0.6 is 0 Å². The number of H-pyrrole nitrogens is 1. The van der Waals surface area contributed by atoms with Gasteiger partial charge in [0, 0.05) is 45.2 Å². The van der Waals surface area contributed by atoms with Crippen LogP contribution in [0, 0.1) is 5.92 Å². The third-order valence-corrected chi connectivity index (χ3v) is 10.7. The number of nitrogens with one attached hydrogen (secondary N) is 1. The molecule has 47 heavy (non-hydrogen) atoms. The maximum atomic E-state index is 13.9. The Kier molecular flexibility index (Phi) is 12.6. The Morgan fingerprint density at radius 3 is 2.43 bits per heavy atom. The summed E-state index contributed by atoms with van der Waals surface area (Å²) < 4.78 is 42.2. The van der Waals surface area contributed by atoms with Crippen LogP contribution in [0.15, 0.2) is 27.9 Å². The second-order valence-corrected chi connectivity index (χ2v) is 14.9. The van der Waals surface area contributed by atoms with Gasteiger partial charge in [0.05, 0.1) is 22.8 Å². The molecule has 0 bridgehead atoms. The third-order valence-electron chi connectivity index (χ3n) is 8.82. The summed E-state index contributed by atoms with van der Waals surface area (Å²) in [4.78, 5) is 35.6. The van der Waals surface area contributed by atoms with Crippen molar-refractivity contribution >= 4 is 27.0 Å². The number of hydrogen-bond acceptors (Lipinski definition) is 9. The molecule has 1 aliphatic rings. The molecule has 3 aromatic rings. The van der Waals surface area contributed by atoms with Crippen molar-refractivity contribution in [3.05, 3.63) is 34.2 Å². The number of aryl methyl sites for hydroxylation is 2. The number of esters is 1. The van der Waals surface area contributed by atoms with Crippen LogP contribution in [-0.2, 0) is 33.0 Å². The normalized spacial score (nSPS) is 14.9. The van der Waals surface area contributed by atoms with Crippen LogP contribution in [0.5, 0.6) is 5.75 Å². The predicted molar refractivity (Wildman–Crippen MR) is 183 cm³/mol. The van der Waals surface area contributed by atoms with Crippen molar-refractivity contribution in [1.82, 2.24) is 29.0 Å². The van der Waals surface area contributed by atoms with E-state index in [-0.39, 0.29) is 28.2 Å². The van der Waals surface area contributed by atoms with Gasteiger partial charge in [-0.25, -0.2) is 13.4 Å². The van der Waals surface area contributed by atoms with Gasteiger partial charge in [-0.1, -0.05) is 20.3 Å². The van der Waals surface area contributed by atoms with Crippen LogP contribution in [0.4, 0.5) is 0 Å². The Morgan fingerprint density at radius 2 is 1.79 bits per heavy atom. The molecule has 0 spiro atoms. The molecule has 1 N–H and O–H groups in total. The molecule has 0 amide bonds. The number of sulfonamides is 1. The van der Waals surface area contributed by atoms with Crippen molar-refractivity contribution in [2.75, 3.05) is 32.8 Å². The summed E-state index contributed by atoms with van der Waals surface area (Å²) in [7, 11) is -2.13. The lowest BCUT2D eigenvalue weighted by Crippen LogP contribution is -2.39. The summed E-state index contributed by atoms with van der Waals surface area (Å²) in [5.41, 5.74) is 1.65. The summed E-state index contributed by atoms with van der Waals surface area (Å²) >= 11 is 0. The summed E-state index contributed by atoms with van der Waals surface area (Å²) in [5.74, 6) is 0.724. The van der Waals surface area contributed by atoms with Gasteiger partial charge in [0.25, 0.3) is 5.56 Å². The quantitative estimate of drug-likeness (QED) is 0.210. The first-order chi connectivity index (χ1) is 22.4. The minimum atomic E-state index is -3.84. The van der Waals surface area contributed by atoms with Crippen LogP contribution in [0.25, 0.3) is 22.4 Å². The zero-order valence-electron chi connectivity index (χ0n) is 29.0. The molecular weight excluding hydrogens is 620 g/mol. The summed E-state index contributed by atoms with van der Waals surface area (Å²) in [6.07, 6.45) is 4.59. The Hall–Kier alpha value is -3.29. The van der Waals surface area contributed by atoms with Gasteiger partial charge in [0.15, 0.2) is 5.52 Å². The average Bonchev–Trinajstić information content (AvgIpc) is 3.35. The van der Waals surface area contributed by atoms with E-state index in [0.29, 0.717) is 99.4 Å². The molecule has 4 rings (SSSR count). The molecule has 0 saturated carbocycles. The standard InChI is InChI=1S/C34H52N6O6S/c1-8-10-28-31-32(38(7)37-28)34(42)36-33(35-31)27-22-26(12-13-29(27)45-20-9-2)47(43,44)39-17-15-25(16-18-39)11-14-30(41)46-21-19-40(23(3)4)24(5)6/h12-13,22-25H,8-11,14-21H2,1-7H3,(H,35,36,42). The Bertz CT molecular complexity index is 1670. The number of carbonyl (C=O) groups excluding carboxylic acids is 1. The molecule has 0 unspecified atom stereocenters. The first-order valence-corrected chi connectivity index (χ1v) is 18.5. The molecular formula is C34H52N6O6S. The van der Waals surface area contributed by atoms with Gasteiger partial charge in [-0.15, -0.1) is 0 Å². The number of fused-ring (bicyclic) bond motifs is 1. The van der Waals surface area contributed by atoms with E-state index in [2.05, 4.69) is 42.7 Å². The first kappa shape index (κ1) is 36.5. The fourth-order valence-electron chi connectivity index (χ4n) is 6.33.